The fraction of sp³-hybridized carbons (Fsp3) is 1.00. The Morgan fingerprint density at radius 2 is 2.00 bits per heavy atom. The first-order chi connectivity index (χ1) is 5.12. The maximum atomic E-state index is 13.1. The summed E-state index contributed by atoms with van der Waals surface area (Å²) in [5.74, 6) is -2.49. The van der Waals surface area contributed by atoms with Crippen LogP contribution in [0.3, 0.4) is 0 Å². The highest BCUT2D eigenvalue weighted by molar-refractivity contribution is 6.21. The van der Waals surface area contributed by atoms with Gasteiger partial charge in [-0.3, -0.25) is 0 Å². The molecule has 3 saturated carbocycles. The maximum absolute atomic E-state index is 13.1. The Morgan fingerprint density at radius 1 is 1.27 bits per heavy atom. The van der Waals surface area contributed by atoms with Gasteiger partial charge in [0.05, 0.1) is 0 Å². The Hall–Kier alpha value is 0.150. The van der Waals surface area contributed by atoms with Crippen molar-refractivity contribution in [2.45, 2.75) is 24.1 Å². The molecule has 5 atom stereocenters. The van der Waals surface area contributed by atoms with E-state index in [1.807, 2.05) is 0 Å². The predicted octanol–water partition coefficient (Wildman–Crippen LogP) is 2.51. The molecule has 0 radical (unpaired) electrons. The zero-order chi connectivity index (χ0) is 7.80. The summed E-state index contributed by atoms with van der Waals surface area (Å²) in [6.07, 6.45) is 1.65. The summed E-state index contributed by atoms with van der Waals surface area (Å²) >= 11 is 5.90. The SMILES string of the molecule is FC1(F)[C@H]2[C@H](Cl)[C@@H]3C[C@H]2[C@H]1C3. The molecule has 0 unspecified atom stereocenters. The lowest BCUT2D eigenvalue weighted by Crippen LogP contribution is -2.59. The van der Waals surface area contributed by atoms with Crippen molar-refractivity contribution in [3.8, 4) is 0 Å². The molecule has 0 nitrogen and oxygen atoms in total. The van der Waals surface area contributed by atoms with E-state index in [2.05, 4.69) is 0 Å². The van der Waals surface area contributed by atoms with E-state index in [1.165, 1.54) is 0 Å². The summed E-state index contributed by atoms with van der Waals surface area (Å²) in [4.78, 5) is 0. The number of halogens is 3. The monoisotopic (exact) mass is 178 g/mol. The van der Waals surface area contributed by atoms with Gasteiger partial charge < -0.3 is 0 Å². The molecule has 11 heavy (non-hydrogen) atoms. The van der Waals surface area contributed by atoms with Crippen molar-refractivity contribution in [3.63, 3.8) is 0 Å². The first-order valence-electron chi connectivity index (χ1n) is 4.14. The van der Waals surface area contributed by atoms with E-state index in [0.29, 0.717) is 12.3 Å². The molecule has 0 aromatic carbocycles. The lowest BCUT2D eigenvalue weighted by molar-refractivity contribution is -0.225. The molecule has 0 saturated heterocycles. The van der Waals surface area contributed by atoms with Gasteiger partial charge in [0.2, 0.25) is 0 Å². The highest BCUT2D eigenvalue weighted by Crippen LogP contribution is 2.71. The molecule has 62 valence electrons. The molecule has 3 heteroatoms. The van der Waals surface area contributed by atoms with E-state index in [9.17, 15) is 8.78 Å². The Labute approximate surface area is 68.9 Å². The van der Waals surface area contributed by atoms with E-state index in [1.54, 1.807) is 0 Å². The molecule has 0 aromatic heterocycles. The van der Waals surface area contributed by atoms with Crippen molar-refractivity contribution in [2.24, 2.45) is 23.7 Å². The molecule has 0 N–H and O–H groups in total. The molecule has 0 aromatic rings. The number of hydrogen-bond acceptors (Lipinski definition) is 0. The van der Waals surface area contributed by atoms with Crippen molar-refractivity contribution < 1.29 is 8.78 Å². The van der Waals surface area contributed by atoms with Crippen LogP contribution in [0.2, 0.25) is 0 Å². The topological polar surface area (TPSA) is 0 Å². The van der Waals surface area contributed by atoms with Crippen molar-refractivity contribution in [2.75, 3.05) is 0 Å². The number of hydrogen-bond donors (Lipinski definition) is 0. The minimum atomic E-state index is -2.41. The van der Waals surface area contributed by atoms with Crippen LogP contribution in [0.1, 0.15) is 12.8 Å². The quantitative estimate of drug-likeness (QED) is 0.500. The fourth-order valence-corrected chi connectivity index (χ4v) is 3.93. The number of fused-ring (bicyclic) bond motifs is 1. The summed E-state index contributed by atoms with van der Waals surface area (Å²) in [6.45, 7) is 0. The third-order valence-electron chi connectivity index (χ3n) is 3.84. The second-order valence-electron chi connectivity index (χ2n) is 4.15. The molecular formula is C8H9ClF2. The smallest absolute Gasteiger partial charge is 0.206 e. The molecule has 0 spiro atoms. The first kappa shape index (κ1) is 6.64. The Bertz CT molecular complexity index is 214. The molecule has 0 amide bonds. The van der Waals surface area contributed by atoms with Crippen LogP contribution in [0.5, 0.6) is 0 Å². The average Bonchev–Trinajstić information content (AvgIpc) is 2.39. The van der Waals surface area contributed by atoms with Crippen molar-refractivity contribution in [1.82, 2.24) is 0 Å². The highest BCUT2D eigenvalue weighted by Gasteiger charge is 2.75. The largest absolute Gasteiger partial charge is 0.255 e. The summed E-state index contributed by atoms with van der Waals surface area (Å²) < 4.78 is 26.2. The summed E-state index contributed by atoms with van der Waals surface area (Å²) in [7, 11) is 0. The van der Waals surface area contributed by atoms with Gasteiger partial charge in [0, 0.05) is 17.2 Å². The third kappa shape index (κ3) is 0.516. The van der Waals surface area contributed by atoms with Gasteiger partial charge in [-0.05, 0) is 24.7 Å². The Balaban J connectivity index is 2.01. The van der Waals surface area contributed by atoms with Crippen molar-refractivity contribution >= 4 is 11.6 Å². The van der Waals surface area contributed by atoms with Crippen molar-refractivity contribution in [3.05, 3.63) is 0 Å². The normalized spacial score (nSPS) is 63.0. The Kier molecular flexibility index (Phi) is 0.958. The maximum Gasteiger partial charge on any atom is 0.255 e. The van der Waals surface area contributed by atoms with E-state index >= 15 is 0 Å². The van der Waals surface area contributed by atoms with Crippen molar-refractivity contribution in [1.29, 1.82) is 0 Å². The molecule has 0 heterocycles. The lowest BCUT2D eigenvalue weighted by atomic mass is 9.60. The minimum Gasteiger partial charge on any atom is -0.206 e. The van der Waals surface area contributed by atoms with Gasteiger partial charge >= 0.3 is 0 Å². The van der Waals surface area contributed by atoms with E-state index in [-0.39, 0.29) is 17.2 Å². The van der Waals surface area contributed by atoms with Crippen LogP contribution >= 0.6 is 11.6 Å². The third-order valence-corrected chi connectivity index (χ3v) is 4.47. The zero-order valence-corrected chi connectivity index (χ0v) is 6.69. The summed E-state index contributed by atoms with van der Waals surface area (Å²) in [5, 5.41) is -0.222. The van der Waals surface area contributed by atoms with Gasteiger partial charge in [-0.1, -0.05) is 0 Å². The number of rotatable bonds is 0. The van der Waals surface area contributed by atoms with Crippen LogP contribution < -0.4 is 0 Å². The van der Waals surface area contributed by atoms with Gasteiger partial charge in [0.15, 0.2) is 0 Å². The molecule has 3 aliphatic carbocycles. The lowest BCUT2D eigenvalue weighted by Gasteiger charge is -2.51. The van der Waals surface area contributed by atoms with E-state index in [0.717, 1.165) is 6.42 Å². The van der Waals surface area contributed by atoms with Crippen LogP contribution in [0.15, 0.2) is 0 Å². The molecule has 3 rings (SSSR count). The Morgan fingerprint density at radius 3 is 2.36 bits per heavy atom. The van der Waals surface area contributed by atoms with Gasteiger partial charge in [-0.25, -0.2) is 8.78 Å². The van der Waals surface area contributed by atoms with Crippen LogP contribution in [-0.2, 0) is 0 Å². The number of alkyl halides is 3. The van der Waals surface area contributed by atoms with Crippen LogP contribution in [0.4, 0.5) is 8.78 Å². The van der Waals surface area contributed by atoms with Gasteiger partial charge in [0.1, 0.15) is 0 Å². The molecule has 3 aliphatic rings. The van der Waals surface area contributed by atoms with Gasteiger partial charge in [-0.15, -0.1) is 11.6 Å². The molecule has 0 aliphatic heterocycles. The molecule has 3 fully saturated rings. The molecular weight excluding hydrogens is 170 g/mol. The van der Waals surface area contributed by atoms with Gasteiger partial charge in [0.25, 0.3) is 5.92 Å². The summed E-state index contributed by atoms with van der Waals surface area (Å²) in [5.41, 5.74) is 0. The van der Waals surface area contributed by atoms with E-state index in [4.69, 9.17) is 11.6 Å². The average molecular weight is 179 g/mol. The van der Waals surface area contributed by atoms with Crippen LogP contribution in [-0.4, -0.2) is 11.3 Å². The zero-order valence-electron chi connectivity index (χ0n) is 5.93. The second kappa shape index (κ2) is 1.59. The summed E-state index contributed by atoms with van der Waals surface area (Å²) in [6, 6.07) is 0. The van der Waals surface area contributed by atoms with Crippen LogP contribution in [0.25, 0.3) is 0 Å². The highest BCUT2D eigenvalue weighted by atomic mass is 35.5. The first-order valence-corrected chi connectivity index (χ1v) is 4.58. The van der Waals surface area contributed by atoms with Gasteiger partial charge in [-0.2, -0.15) is 0 Å². The predicted molar refractivity (Wildman–Crippen MR) is 37.8 cm³/mol. The van der Waals surface area contributed by atoms with Crippen LogP contribution in [0, 0.1) is 23.7 Å². The minimum absolute atomic E-state index is 0.222. The fourth-order valence-electron chi connectivity index (χ4n) is 3.37. The second-order valence-corrected chi connectivity index (χ2v) is 4.65. The standard InChI is InChI=1S/C8H9ClF2/c9-7-3-1-4-5(2-3)8(10,11)6(4)7/h3-7H,1-2H2/t3-,4+,5-,6-,7-/m1/s1. The molecule has 2 bridgehead atoms. The van der Waals surface area contributed by atoms with E-state index < -0.39 is 11.8 Å².